The van der Waals surface area contributed by atoms with Crippen molar-refractivity contribution in [3.05, 3.63) is 48.0 Å². The van der Waals surface area contributed by atoms with E-state index in [0.29, 0.717) is 34.1 Å². The van der Waals surface area contributed by atoms with Crippen LogP contribution in [0.2, 0.25) is 0 Å². The van der Waals surface area contributed by atoms with E-state index < -0.39 is 0 Å². The molecule has 3 heterocycles. The Bertz CT molecular complexity index is 1060. The maximum Gasteiger partial charge on any atom is 0.254 e. The zero-order chi connectivity index (χ0) is 19.3. The number of likely N-dealkylation sites (tertiary alicyclic amines) is 1. The molecule has 5 rings (SSSR count). The summed E-state index contributed by atoms with van der Waals surface area (Å²) in [5.41, 5.74) is 2.75. The number of pyridine rings is 1. The first-order valence-corrected chi connectivity index (χ1v) is 10.1. The fraction of sp³-hybridized carbons (Fsp3) is 0.409. The molecule has 1 aromatic carbocycles. The molecular formula is C22H23FN4O. The molecule has 2 aliphatic rings. The van der Waals surface area contributed by atoms with Crippen molar-refractivity contribution in [3.8, 4) is 11.3 Å². The van der Waals surface area contributed by atoms with Crippen molar-refractivity contribution in [1.29, 1.82) is 0 Å². The molecular weight excluding hydrogens is 355 g/mol. The number of benzene rings is 1. The van der Waals surface area contributed by atoms with E-state index in [2.05, 4.69) is 17.0 Å². The molecule has 2 atom stereocenters. The summed E-state index contributed by atoms with van der Waals surface area (Å²) < 4.78 is 15.8. The van der Waals surface area contributed by atoms with Crippen molar-refractivity contribution in [2.45, 2.75) is 45.2 Å². The van der Waals surface area contributed by atoms with E-state index in [0.717, 1.165) is 37.9 Å². The van der Waals surface area contributed by atoms with Gasteiger partial charge in [-0.15, -0.1) is 0 Å². The van der Waals surface area contributed by atoms with Gasteiger partial charge in [0.2, 0.25) is 0 Å². The fourth-order valence-electron chi connectivity index (χ4n) is 4.70. The molecule has 0 N–H and O–H groups in total. The lowest BCUT2D eigenvalue weighted by atomic mass is 10.0. The SMILES string of the molecule is CCCn1cc(-c2cc(C(=O)N3C[C@H]4CC[C@H]3C4)c3cc(F)ccc3n2)cn1. The molecule has 1 aliphatic heterocycles. The molecule has 144 valence electrons. The van der Waals surface area contributed by atoms with Gasteiger partial charge in [-0.2, -0.15) is 5.10 Å². The van der Waals surface area contributed by atoms with E-state index in [4.69, 9.17) is 0 Å². The predicted molar refractivity (Wildman–Crippen MR) is 105 cm³/mol. The molecule has 2 fully saturated rings. The number of fused-ring (bicyclic) bond motifs is 3. The van der Waals surface area contributed by atoms with Gasteiger partial charge in [0.05, 0.1) is 23.0 Å². The molecule has 6 heteroatoms. The number of halogens is 1. The van der Waals surface area contributed by atoms with Crippen LogP contribution >= 0.6 is 0 Å². The normalized spacial score (nSPS) is 21.0. The summed E-state index contributed by atoms with van der Waals surface area (Å²) in [5.74, 6) is 0.257. The van der Waals surface area contributed by atoms with Gasteiger partial charge in [-0.25, -0.2) is 9.37 Å². The van der Waals surface area contributed by atoms with Crippen LogP contribution in [0.5, 0.6) is 0 Å². The first-order valence-electron chi connectivity index (χ1n) is 10.1. The molecule has 0 spiro atoms. The Kier molecular flexibility index (Phi) is 4.14. The lowest BCUT2D eigenvalue weighted by Gasteiger charge is -2.27. The van der Waals surface area contributed by atoms with E-state index in [1.54, 1.807) is 12.3 Å². The highest BCUT2D eigenvalue weighted by Gasteiger charge is 2.40. The number of carbonyl (C=O) groups excluding carboxylic acids is 1. The molecule has 2 aromatic heterocycles. The van der Waals surface area contributed by atoms with Gasteiger partial charge in [0, 0.05) is 36.3 Å². The summed E-state index contributed by atoms with van der Waals surface area (Å²) in [7, 11) is 0. The van der Waals surface area contributed by atoms with Gasteiger partial charge in [0.1, 0.15) is 5.82 Å². The van der Waals surface area contributed by atoms with Crippen molar-refractivity contribution in [2.75, 3.05) is 6.54 Å². The van der Waals surface area contributed by atoms with Crippen LogP contribution in [0.3, 0.4) is 0 Å². The third kappa shape index (κ3) is 2.87. The number of aromatic nitrogens is 3. The summed E-state index contributed by atoms with van der Waals surface area (Å²) in [6.45, 7) is 3.75. The summed E-state index contributed by atoms with van der Waals surface area (Å²) in [6.07, 6.45) is 8.10. The van der Waals surface area contributed by atoms with Crippen molar-refractivity contribution in [1.82, 2.24) is 19.7 Å². The molecule has 0 unspecified atom stereocenters. The van der Waals surface area contributed by atoms with Gasteiger partial charge in [-0.3, -0.25) is 9.48 Å². The third-order valence-corrected chi connectivity index (χ3v) is 6.05. The highest BCUT2D eigenvalue weighted by atomic mass is 19.1. The summed E-state index contributed by atoms with van der Waals surface area (Å²) >= 11 is 0. The molecule has 1 saturated heterocycles. The number of hydrogen-bond donors (Lipinski definition) is 0. The standard InChI is InChI=1S/C22H23FN4O/c1-2-7-26-13-15(11-24-26)21-10-19(18-9-16(23)4-6-20(18)25-21)22(28)27-12-14-3-5-17(27)8-14/h4,6,9-11,13-14,17H,2-3,5,7-8,12H2,1H3/t14-,17-/m0/s1. The minimum atomic E-state index is -0.352. The van der Waals surface area contributed by atoms with Crippen LogP contribution in [-0.2, 0) is 6.54 Å². The van der Waals surface area contributed by atoms with Gasteiger partial charge in [-0.05, 0) is 55.9 Å². The van der Waals surface area contributed by atoms with Crippen LogP contribution in [0.4, 0.5) is 4.39 Å². The largest absolute Gasteiger partial charge is 0.335 e. The van der Waals surface area contributed by atoms with E-state index in [-0.39, 0.29) is 11.7 Å². The molecule has 1 amide bonds. The predicted octanol–water partition coefficient (Wildman–Crippen LogP) is 4.27. The number of carbonyl (C=O) groups is 1. The van der Waals surface area contributed by atoms with E-state index in [9.17, 15) is 9.18 Å². The quantitative estimate of drug-likeness (QED) is 0.681. The molecule has 1 saturated carbocycles. The average Bonchev–Trinajstić information content (AvgIpc) is 3.44. The topological polar surface area (TPSA) is 51.0 Å². The van der Waals surface area contributed by atoms with Crippen LogP contribution in [0, 0.1) is 11.7 Å². The maximum atomic E-state index is 14.0. The maximum absolute atomic E-state index is 14.0. The Morgan fingerprint density at radius 3 is 2.93 bits per heavy atom. The number of piperidine rings is 1. The zero-order valence-corrected chi connectivity index (χ0v) is 15.9. The summed E-state index contributed by atoms with van der Waals surface area (Å²) in [6, 6.07) is 6.60. The number of rotatable bonds is 4. The molecule has 1 aliphatic carbocycles. The van der Waals surface area contributed by atoms with Crippen molar-refractivity contribution < 1.29 is 9.18 Å². The Balaban J connectivity index is 1.61. The van der Waals surface area contributed by atoms with Gasteiger partial charge in [-0.1, -0.05) is 6.92 Å². The summed E-state index contributed by atoms with van der Waals surface area (Å²) in [4.78, 5) is 20.1. The molecule has 0 radical (unpaired) electrons. The van der Waals surface area contributed by atoms with E-state index >= 15 is 0 Å². The second-order valence-electron chi connectivity index (χ2n) is 8.00. The van der Waals surface area contributed by atoms with E-state index in [1.165, 1.54) is 18.6 Å². The van der Waals surface area contributed by atoms with Crippen LogP contribution < -0.4 is 0 Å². The molecule has 28 heavy (non-hydrogen) atoms. The van der Waals surface area contributed by atoms with Crippen molar-refractivity contribution in [3.63, 3.8) is 0 Å². The minimum absolute atomic E-state index is 0.00704. The zero-order valence-electron chi connectivity index (χ0n) is 15.9. The lowest BCUT2D eigenvalue weighted by Crippen LogP contribution is -2.37. The van der Waals surface area contributed by atoms with Crippen LogP contribution in [-0.4, -0.2) is 38.2 Å². The number of aryl methyl sites for hydroxylation is 1. The van der Waals surface area contributed by atoms with Gasteiger partial charge >= 0.3 is 0 Å². The highest BCUT2D eigenvalue weighted by molar-refractivity contribution is 6.07. The number of hydrogen-bond acceptors (Lipinski definition) is 3. The average molecular weight is 378 g/mol. The van der Waals surface area contributed by atoms with Gasteiger partial charge in [0.15, 0.2) is 0 Å². The van der Waals surface area contributed by atoms with Crippen molar-refractivity contribution in [2.24, 2.45) is 5.92 Å². The van der Waals surface area contributed by atoms with Gasteiger partial charge in [0.25, 0.3) is 5.91 Å². The number of nitrogens with zero attached hydrogens (tertiary/aromatic N) is 4. The van der Waals surface area contributed by atoms with Gasteiger partial charge < -0.3 is 4.90 Å². The Morgan fingerprint density at radius 2 is 2.18 bits per heavy atom. The monoisotopic (exact) mass is 378 g/mol. The lowest BCUT2D eigenvalue weighted by molar-refractivity contribution is 0.0705. The number of amides is 1. The Morgan fingerprint density at radius 1 is 1.29 bits per heavy atom. The van der Waals surface area contributed by atoms with Crippen LogP contribution in [0.25, 0.3) is 22.2 Å². The Hall–Kier alpha value is -2.76. The molecule has 2 bridgehead atoms. The van der Waals surface area contributed by atoms with Crippen LogP contribution in [0.1, 0.15) is 43.0 Å². The summed E-state index contributed by atoms with van der Waals surface area (Å²) in [5, 5.41) is 4.96. The van der Waals surface area contributed by atoms with Crippen molar-refractivity contribution >= 4 is 16.8 Å². The first-order chi connectivity index (χ1) is 13.6. The molecule has 5 nitrogen and oxygen atoms in total. The smallest absolute Gasteiger partial charge is 0.254 e. The minimum Gasteiger partial charge on any atom is -0.335 e. The highest BCUT2D eigenvalue weighted by Crippen LogP contribution is 2.39. The second-order valence-corrected chi connectivity index (χ2v) is 8.00. The second kappa shape index (κ2) is 6.69. The Labute approximate surface area is 163 Å². The van der Waals surface area contributed by atoms with Crippen LogP contribution in [0.15, 0.2) is 36.7 Å². The molecule has 3 aromatic rings. The van der Waals surface area contributed by atoms with E-state index in [1.807, 2.05) is 21.8 Å². The fourth-order valence-corrected chi connectivity index (χ4v) is 4.70. The third-order valence-electron chi connectivity index (χ3n) is 6.05. The first kappa shape index (κ1) is 17.3.